The number of para-hydroxylation sites is 2. The standard InChI is InChI=1S/C15H14BrClO2/c1-2-18-14-5-3-4-6-15(14)19-12-8-7-11(10-16)13(17)9-12/h3-9H,2,10H2,1H3. The van der Waals surface area contributed by atoms with E-state index < -0.39 is 0 Å². The third-order valence-corrected chi connectivity index (χ3v) is 3.50. The number of halogens is 2. The summed E-state index contributed by atoms with van der Waals surface area (Å²) in [5.41, 5.74) is 1.03. The van der Waals surface area contributed by atoms with Gasteiger partial charge in [-0.1, -0.05) is 45.7 Å². The van der Waals surface area contributed by atoms with Gasteiger partial charge < -0.3 is 9.47 Å². The van der Waals surface area contributed by atoms with Gasteiger partial charge in [0.1, 0.15) is 5.75 Å². The molecule has 0 saturated carbocycles. The maximum absolute atomic E-state index is 6.16. The molecule has 0 atom stereocenters. The van der Waals surface area contributed by atoms with Gasteiger partial charge in [-0.15, -0.1) is 0 Å². The van der Waals surface area contributed by atoms with Crippen LogP contribution in [0.5, 0.6) is 17.2 Å². The highest BCUT2D eigenvalue weighted by Crippen LogP contribution is 2.33. The summed E-state index contributed by atoms with van der Waals surface area (Å²) >= 11 is 9.54. The van der Waals surface area contributed by atoms with E-state index in [4.69, 9.17) is 21.1 Å². The molecule has 19 heavy (non-hydrogen) atoms. The smallest absolute Gasteiger partial charge is 0.169 e. The topological polar surface area (TPSA) is 18.5 Å². The van der Waals surface area contributed by atoms with Crippen LogP contribution in [0, 0.1) is 0 Å². The Morgan fingerprint density at radius 1 is 1.11 bits per heavy atom. The monoisotopic (exact) mass is 340 g/mol. The van der Waals surface area contributed by atoms with Crippen molar-refractivity contribution >= 4 is 27.5 Å². The van der Waals surface area contributed by atoms with Gasteiger partial charge in [0, 0.05) is 10.4 Å². The Balaban J connectivity index is 2.23. The molecule has 2 aromatic rings. The first kappa shape index (κ1) is 14.2. The first-order valence-electron chi connectivity index (χ1n) is 5.98. The summed E-state index contributed by atoms with van der Waals surface area (Å²) in [6, 6.07) is 13.2. The van der Waals surface area contributed by atoms with Gasteiger partial charge >= 0.3 is 0 Å². The number of hydrogen-bond donors (Lipinski definition) is 0. The predicted octanol–water partition coefficient (Wildman–Crippen LogP) is 5.43. The molecule has 0 aromatic heterocycles. The molecule has 4 heteroatoms. The molecule has 2 aromatic carbocycles. The fourth-order valence-corrected chi connectivity index (χ4v) is 2.52. The number of alkyl halides is 1. The summed E-state index contributed by atoms with van der Waals surface area (Å²) in [6.07, 6.45) is 0. The van der Waals surface area contributed by atoms with Crippen LogP contribution in [0.4, 0.5) is 0 Å². The SMILES string of the molecule is CCOc1ccccc1Oc1ccc(CBr)c(Cl)c1. The fourth-order valence-electron chi connectivity index (χ4n) is 1.64. The lowest BCUT2D eigenvalue weighted by Gasteiger charge is -2.12. The molecule has 0 aliphatic rings. The summed E-state index contributed by atoms with van der Waals surface area (Å²) in [4.78, 5) is 0. The lowest BCUT2D eigenvalue weighted by molar-refractivity contribution is 0.321. The number of rotatable bonds is 5. The molecule has 0 N–H and O–H groups in total. The van der Waals surface area contributed by atoms with Crippen molar-refractivity contribution in [2.45, 2.75) is 12.3 Å². The number of benzene rings is 2. The van der Waals surface area contributed by atoms with Crippen LogP contribution in [0.25, 0.3) is 0 Å². The third kappa shape index (κ3) is 3.64. The molecule has 0 radical (unpaired) electrons. The minimum absolute atomic E-state index is 0.601. The van der Waals surface area contributed by atoms with E-state index in [0.29, 0.717) is 23.1 Å². The van der Waals surface area contributed by atoms with E-state index in [1.807, 2.05) is 43.3 Å². The van der Waals surface area contributed by atoms with E-state index in [9.17, 15) is 0 Å². The van der Waals surface area contributed by atoms with E-state index in [0.717, 1.165) is 16.6 Å². The van der Waals surface area contributed by atoms with Gasteiger partial charge in [0.05, 0.1) is 6.61 Å². The van der Waals surface area contributed by atoms with E-state index in [1.165, 1.54) is 0 Å². The second-order valence-electron chi connectivity index (χ2n) is 3.87. The van der Waals surface area contributed by atoms with E-state index >= 15 is 0 Å². The van der Waals surface area contributed by atoms with Crippen molar-refractivity contribution in [2.24, 2.45) is 0 Å². The Labute approximate surface area is 126 Å². The molecule has 0 unspecified atom stereocenters. The zero-order valence-corrected chi connectivity index (χ0v) is 12.9. The molecule has 0 bridgehead atoms. The Bertz CT molecular complexity index is 558. The Morgan fingerprint density at radius 2 is 1.84 bits per heavy atom. The van der Waals surface area contributed by atoms with E-state index in [1.54, 1.807) is 6.07 Å². The highest BCUT2D eigenvalue weighted by molar-refractivity contribution is 9.08. The maximum Gasteiger partial charge on any atom is 0.169 e. The highest BCUT2D eigenvalue weighted by Gasteiger charge is 2.07. The van der Waals surface area contributed by atoms with Gasteiger partial charge in [0.2, 0.25) is 0 Å². The summed E-state index contributed by atoms with van der Waals surface area (Å²) in [6.45, 7) is 2.54. The van der Waals surface area contributed by atoms with Crippen LogP contribution in [0.3, 0.4) is 0 Å². The van der Waals surface area contributed by atoms with Gasteiger partial charge in [0.15, 0.2) is 11.5 Å². The minimum Gasteiger partial charge on any atom is -0.490 e. The molecule has 0 spiro atoms. The molecule has 0 heterocycles. The largest absolute Gasteiger partial charge is 0.490 e. The first-order chi connectivity index (χ1) is 9.24. The minimum atomic E-state index is 0.601. The summed E-state index contributed by atoms with van der Waals surface area (Å²) in [5, 5.41) is 1.41. The number of ether oxygens (including phenoxy) is 2. The van der Waals surface area contributed by atoms with Crippen LogP contribution in [0.15, 0.2) is 42.5 Å². The van der Waals surface area contributed by atoms with Crippen molar-refractivity contribution in [1.82, 2.24) is 0 Å². The lowest BCUT2D eigenvalue weighted by atomic mass is 10.2. The quantitative estimate of drug-likeness (QED) is 0.675. The van der Waals surface area contributed by atoms with E-state index in [2.05, 4.69) is 15.9 Å². The van der Waals surface area contributed by atoms with Crippen LogP contribution < -0.4 is 9.47 Å². The van der Waals surface area contributed by atoms with Crippen molar-refractivity contribution in [2.75, 3.05) is 6.61 Å². The Kier molecular flexibility index (Phi) is 5.11. The predicted molar refractivity (Wildman–Crippen MR) is 81.8 cm³/mol. The zero-order chi connectivity index (χ0) is 13.7. The highest BCUT2D eigenvalue weighted by atomic mass is 79.9. The molecule has 0 saturated heterocycles. The molecule has 2 nitrogen and oxygen atoms in total. The zero-order valence-electron chi connectivity index (χ0n) is 10.5. The van der Waals surface area contributed by atoms with Crippen molar-refractivity contribution < 1.29 is 9.47 Å². The normalized spacial score (nSPS) is 10.3. The molecule has 0 aliphatic heterocycles. The van der Waals surface area contributed by atoms with Gasteiger partial charge in [-0.25, -0.2) is 0 Å². The molecule has 100 valence electrons. The second-order valence-corrected chi connectivity index (χ2v) is 4.84. The molecular weight excluding hydrogens is 328 g/mol. The van der Waals surface area contributed by atoms with Crippen LogP contribution in [0.2, 0.25) is 5.02 Å². The van der Waals surface area contributed by atoms with Crippen LogP contribution >= 0.6 is 27.5 Å². The first-order valence-corrected chi connectivity index (χ1v) is 7.48. The average Bonchev–Trinajstić information content (AvgIpc) is 2.41. The molecular formula is C15H14BrClO2. The van der Waals surface area contributed by atoms with Crippen molar-refractivity contribution in [1.29, 1.82) is 0 Å². The van der Waals surface area contributed by atoms with Crippen molar-refractivity contribution in [3.63, 3.8) is 0 Å². The van der Waals surface area contributed by atoms with Crippen molar-refractivity contribution in [3.8, 4) is 17.2 Å². The molecule has 0 fully saturated rings. The second kappa shape index (κ2) is 6.83. The molecule has 0 amide bonds. The lowest BCUT2D eigenvalue weighted by Crippen LogP contribution is -1.94. The summed E-state index contributed by atoms with van der Waals surface area (Å²) in [7, 11) is 0. The van der Waals surface area contributed by atoms with Crippen LogP contribution in [-0.4, -0.2) is 6.61 Å². The van der Waals surface area contributed by atoms with Gasteiger partial charge in [-0.2, -0.15) is 0 Å². The van der Waals surface area contributed by atoms with Crippen molar-refractivity contribution in [3.05, 3.63) is 53.1 Å². The van der Waals surface area contributed by atoms with E-state index in [-0.39, 0.29) is 0 Å². The summed E-state index contributed by atoms with van der Waals surface area (Å²) < 4.78 is 11.3. The van der Waals surface area contributed by atoms with Gasteiger partial charge in [-0.3, -0.25) is 0 Å². The van der Waals surface area contributed by atoms with Gasteiger partial charge in [-0.05, 0) is 36.8 Å². The van der Waals surface area contributed by atoms with Crippen LogP contribution in [-0.2, 0) is 5.33 Å². The Morgan fingerprint density at radius 3 is 2.47 bits per heavy atom. The molecule has 2 rings (SSSR count). The Hall–Kier alpha value is -1.19. The average molecular weight is 342 g/mol. The maximum atomic E-state index is 6.16. The fraction of sp³-hybridized carbons (Fsp3) is 0.200. The third-order valence-electron chi connectivity index (χ3n) is 2.55. The number of hydrogen-bond acceptors (Lipinski definition) is 2. The summed E-state index contributed by atoms with van der Waals surface area (Å²) in [5.74, 6) is 2.11. The van der Waals surface area contributed by atoms with Gasteiger partial charge in [0.25, 0.3) is 0 Å². The van der Waals surface area contributed by atoms with Crippen LogP contribution in [0.1, 0.15) is 12.5 Å². The molecule has 0 aliphatic carbocycles.